The maximum Gasteiger partial charge on any atom is 0.176 e. The molecule has 0 unspecified atom stereocenters. The molecule has 1 nitrogen and oxygen atoms in total. The average molecular weight is 234 g/mol. The summed E-state index contributed by atoms with van der Waals surface area (Å²) >= 11 is 0. The van der Waals surface area contributed by atoms with E-state index in [9.17, 15) is 0 Å². The van der Waals surface area contributed by atoms with Crippen LogP contribution in [0.1, 0.15) is 11.1 Å². The van der Waals surface area contributed by atoms with E-state index >= 15 is 0 Å². The monoisotopic (exact) mass is 234 g/mol. The highest BCUT2D eigenvalue weighted by Gasteiger charge is 2.04. The SMILES string of the molecule is Cc1ccc2c[n+](Cc3ccccc3)ccc2c1. The first kappa shape index (κ1) is 11.0. The van der Waals surface area contributed by atoms with Crippen molar-refractivity contribution in [3.05, 3.63) is 78.1 Å². The molecule has 1 heterocycles. The molecule has 0 aliphatic carbocycles. The van der Waals surface area contributed by atoms with Gasteiger partial charge in [-0.2, -0.15) is 0 Å². The summed E-state index contributed by atoms with van der Waals surface area (Å²) in [5, 5.41) is 2.60. The molecule has 18 heavy (non-hydrogen) atoms. The van der Waals surface area contributed by atoms with Crippen LogP contribution in [0.2, 0.25) is 0 Å². The smallest absolute Gasteiger partial charge is 0.176 e. The molecule has 0 bridgehead atoms. The third-order valence-corrected chi connectivity index (χ3v) is 3.20. The van der Waals surface area contributed by atoms with Crippen LogP contribution >= 0.6 is 0 Å². The van der Waals surface area contributed by atoms with Crippen molar-refractivity contribution in [3.8, 4) is 0 Å². The van der Waals surface area contributed by atoms with Gasteiger partial charge < -0.3 is 0 Å². The minimum absolute atomic E-state index is 0.921. The number of benzene rings is 2. The third kappa shape index (κ3) is 2.25. The van der Waals surface area contributed by atoms with Crippen molar-refractivity contribution in [3.63, 3.8) is 0 Å². The van der Waals surface area contributed by atoms with Crippen LogP contribution in [0.3, 0.4) is 0 Å². The summed E-state index contributed by atoms with van der Waals surface area (Å²) in [4.78, 5) is 0. The molecule has 0 saturated heterocycles. The van der Waals surface area contributed by atoms with Crippen LogP contribution in [0, 0.1) is 6.92 Å². The fourth-order valence-electron chi connectivity index (χ4n) is 2.25. The minimum Gasteiger partial charge on any atom is -0.200 e. The van der Waals surface area contributed by atoms with E-state index < -0.39 is 0 Å². The third-order valence-electron chi connectivity index (χ3n) is 3.20. The highest BCUT2D eigenvalue weighted by Crippen LogP contribution is 2.13. The molecular weight excluding hydrogens is 218 g/mol. The summed E-state index contributed by atoms with van der Waals surface area (Å²) < 4.78 is 2.23. The summed E-state index contributed by atoms with van der Waals surface area (Å²) in [5.74, 6) is 0. The maximum atomic E-state index is 2.23. The Kier molecular flexibility index (Phi) is 2.81. The van der Waals surface area contributed by atoms with Gasteiger partial charge in [-0.25, -0.2) is 4.57 Å². The van der Waals surface area contributed by atoms with Gasteiger partial charge in [0, 0.05) is 17.0 Å². The lowest BCUT2D eigenvalue weighted by molar-refractivity contribution is -0.687. The van der Waals surface area contributed by atoms with Gasteiger partial charge in [0.25, 0.3) is 0 Å². The van der Waals surface area contributed by atoms with Gasteiger partial charge in [0.05, 0.1) is 0 Å². The number of aromatic nitrogens is 1. The number of nitrogens with zero attached hydrogens (tertiary/aromatic N) is 1. The molecule has 3 aromatic rings. The van der Waals surface area contributed by atoms with Gasteiger partial charge in [-0.1, -0.05) is 48.0 Å². The summed E-state index contributed by atoms with van der Waals surface area (Å²) in [5.41, 5.74) is 2.64. The highest BCUT2D eigenvalue weighted by molar-refractivity contribution is 5.81. The normalized spacial score (nSPS) is 10.7. The quantitative estimate of drug-likeness (QED) is 0.598. The van der Waals surface area contributed by atoms with E-state index in [4.69, 9.17) is 0 Å². The predicted octanol–water partition coefficient (Wildman–Crippen LogP) is 3.48. The Morgan fingerprint density at radius 1 is 0.889 bits per heavy atom. The second kappa shape index (κ2) is 4.61. The molecule has 0 saturated carbocycles. The van der Waals surface area contributed by atoms with E-state index in [1.165, 1.54) is 21.9 Å². The van der Waals surface area contributed by atoms with E-state index in [-0.39, 0.29) is 0 Å². The van der Waals surface area contributed by atoms with Gasteiger partial charge >= 0.3 is 0 Å². The molecule has 1 aromatic heterocycles. The molecule has 0 amide bonds. The van der Waals surface area contributed by atoms with Crippen LogP contribution < -0.4 is 4.57 Å². The molecule has 0 aliphatic heterocycles. The topological polar surface area (TPSA) is 3.88 Å². The van der Waals surface area contributed by atoms with Crippen LogP contribution in [-0.2, 0) is 6.54 Å². The second-order valence-electron chi connectivity index (χ2n) is 4.74. The molecule has 0 spiro atoms. The van der Waals surface area contributed by atoms with E-state index in [2.05, 4.69) is 78.5 Å². The van der Waals surface area contributed by atoms with Gasteiger partial charge in [-0.3, -0.25) is 0 Å². The van der Waals surface area contributed by atoms with E-state index in [0.717, 1.165) is 6.54 Å². The van der Waals surface area contributed by atoms with Gasteiger partial charge in [-0.05, 0) is 18.4 Å². The van der Waals surface area contributed by atoms with Crippen LogP contribution in [0.4, 0.5) is 0 Å². The molecule has 0 radical (unpaired) electrons. The van der Waals surface area contributed by atoms with Crippen molar-refractivity contribution in [1.82, 2.24) is 0 Å². The van der Waals surface area contributed by atoms with Crippen LogP contribution in [0.5, 0.6) is 0 Å². The number of fused-ring (bicyclic) bond motifs is 1. The zero-order chi connectivity index (χ0) is 12.4. The Bertz CT molecular complexity index is 672. The Morgan fingerprint density at radius 3 is 2.56 bits per heavy atom. The Hall–Kier alpha value is -2.15. The molecule has 0 atom stereocenters. The first-order valence-corrected chi connectivity index (χ1v) is 6.25. The second-order valence-corrected chi connectivity index (χ2v) is 4.74. The number of hydrogen-bond acceptors (Lipinski definition) is 0. The zero-order valence-electron chi connectivity index (χ0n) is 10.5. The standard InChI is InChI=1S/C17H16N/c1-14-7-8-17-13-18(10-9-16(17)11-14)12-15-5-3-2-4-6-15/h2-11,13H,12H2,1H3/q+1. The predicted molar refractivity (Wildman–Crippen MR) is 74.4 cm³/mol. The van der Waals surface area contributed by atoms with Crippen molar-refractivity contribution in [1.29, 1.82) is 0 Å². The first-order chi connectivity index (χ1) is 8.81. The van der Waals surface area contributed by atoms with Gasteiger partial charge in [0.15, 0.2) is 18.9 Å². The molecule has 88 valence electrons. The fourth-order valence-corrected chi connectivity index (χ4v) is 2.25. The molecule has 3 rings (SSSR count). The molecule has 0 N–H and O–H groups in total. The van der Waals surface area contributed by atoms with Crippen molar-refractivity contribution < 1.29 is 4.57 Å². The van der Waals surface area contributed by atoms with E-state index in [1.807, 2.05) is 0 Å². The number of aryl methyl sites for hydroxylation is 1. The van der Waals surface area contributed by atoms with Gasteiger partial charge in [0.1, 0.15) is 0 Å². The summed E-state index contributed by atoms with van der Waals surface area (Å²) in [6.45, 7) is 3.05. The van der Waals surface area contributed by atoms with Crippen LogP contribution in [0.25, 0.3) is 10.8 Å². The zero-order valence-corrected chi connectivity index (χ0v) is 10.5. The largest absolute Gasteiger partial charge is 0.200 e. The average Bonchev–Trinajstić information content (AvgIpc) is 2.40. The molecular formula is C17H16N+. The van der Waals surface area contributed by atoms with E-state index in [1.54, 1.807) is 0 Å². The van der Waals surface area contributed by atoms with Crippen LogP contribution in [0.15, 0.2) is 67.0 Å². The summed E-state index contributed by atoms with van der Waals surface area (Å²) in [6.07, 6.45) is 4.36. The highest BCUT2D eigenvalue weighted by atomic mass is 14.9. The minimum atomic E-state index is 0.921. The lowest BCUT2D eigenvalue weighted by Crippen LogP contribution is -2.33. The van der Waals surface area contributed by atoms with Crippen molar-refractivity contribution in [2.24, 2.45) is 0 Å². The fraction of sp³-hybridized carbons (Fsp3) is 0.118. The summed E-state index contributed by atoms with van der Waals surface area (Å²) in [7, 11) is 0. The Balaban J connectivity index is 1.96. The molecule has 0 fully saturated rings. The Labute approximate surface area is 107 Å². The van der Waals surface area contributed by atoms with Crippen LogP contribution in [-0.4, -0.2) is 0 Å². The number of pyridine rings is 1. The molecule has 0 aliphatic rings. The molecule has 1 heteroatoms. The lowest BCUT2D eigenvalue weighted by Gasteiger charge is -2.01. The van der Waals surface area contributed by atoms with Gasteiger partial charge in [-0.15, -0.1) is 0 Å². The maximum absolute atomic E-state index is 2.23. The van der Waals surface area contributed by atoms with Gasteiger partial charge in [0.2, 0.25) is 0 Å². The number of rotatable bonds is 2. The lowest BCUT2D eigenvalue weighted by atomic mass is 10.1. The number of hydrogen-bond donors (Lipinski definition) is 0. The summed E-state index contributed by atoms with van der Waals surface area (Å²) in [6, 6.07) is 19.3. The van der Waals surface area contributed by atoms with E-state index in [0.29, 0.717) is 0 Å². The van der Waals surface area contributed by atoms with Crippen molar-refractivity contribution in [2.45, 2.75) is 13.5 Å². The Morgan fingerprint density at radius 2 is 1.72 bits per heavy atom. The van der Waals surface area contributed by atoms with Crippen molar-refractivity contribution in [2.75, 3.05) is 0 Å². The molecule has 2 aromatic carbocycles. The van der Waals surface area contributed by atoms with Crippen molar-refractivity contribution >= 4 is 10.8 Å². The first-order valence-electron chi connectivity index (χ1n) is 6.25.